The average Bonchev–Trinajstić information content (AvgIpc) is 1.38. The molecule has 12 rings (SSSR count). The third kappa shape index (κ3) is 16.8. The molecule has 15 heteroatoms. The standard InChI is InChI=1S/C84H72N4O10S/c1-91-74-39-23-68(24-40-74)87(69-25-41-75(92-2)42-26-69)72-31-47-80(48-32-72)97-55-5-53-95-78-35-13-61(14-36-78)59-7-17-65(18-8-59)86(67-21-11-63(12-22-67)83-52-51-82(99-83)57-64(58-85)84(89)90)66-19-9-60(10-20-66)62-15-37-79(38-16-62)96-54-6-56-98-81-49-33-73(34-50-81)88(70-27-43-76(93-3)44-28-70)71-29-45-77(94-4)46-30-71/h7-52,57H,5-6,53-56H2,1-4H3,(H,89,90)/b64-57-. The topological polar surface area (TPSA) is 145 Å². The molecule has 0 bridgehead atoms. The van der Waals surface area contributed by atoms with Gasteiger partial charge in [-0.25, -0.2) is 4.79 Å². The Kier molecular flexibility index (Phi) is 21.8. The lowest BCUT2D eigenvalue weighted by molar-refractivity contribution is -0.132. The molecule has 0 amide bonds. The Bertz CT molecular complexity index is 4310. The van der Waals surface area contributed by atoms with Crippen molar-refractivity contribution in [3.63, 3.8) is 0 Å². The van der Waals surface area contributed by atoms with E-state index in [0.717, 1.165) is 130 Å². The van der Waals surface area contributed by atoms with Gasteiger partial charge >= 0.3 is 5.97 Å². The molecule has 0 radical (unpaired) electrons. The summed E-state index contributed by atoms with van der Waals surface area (Å²) in [6.45, 7) is 1.97. The first-order valence-corrected chi connectivity index (χ1v) is 33.1. The lowest BCUT2D eigenvalue weighted by Gasteiger charge is -2.26. The number of carboxylic acid groups (broad SMARTS) is 1. The lowest BCUT2D eigenvalue weighted by Crippen LogP contribution is -2.10. The van der Waals surface area contributed by atoms with E-state index in [0.29, 0.717) is 44.1 Å². The van der Waals surface area contributed by atoms with E-state index in [-0.39, 0.29) is 5.57 Å². The molecular formula is C84H72N4O10S. The van der Waals surface area contributed by atoms with E-state index in [4.69, 9.17) is 37.9 Å². The Labute approximate surface area is 581 Å². The number of hydrogen-bond donors (Lipinski definition) is 1. The number of nitriles is 1. The van der Waals surface area contributed by atoms with Crippen LogP contribution >= 0.6 is 11.3 Å². The lowest BCUT2D eigenvalue weighted by atomic mass is 10.0. The van der Waals surface area contributed by atoms with Crippen molar-refractivity contribution in [2.45, 2.75) is 12.8 Å². The smallest absolute Gasteiger partial charge is 0.346 e. The number of rotatable bonds is 30. The highest BCUT2D eigenvalue weighted by Crippen LogP contribution is 2.42. The molecule has 0 fully saturated rings. The van der Waals surface area contributed by atoms with Crippen LogP contribution in [0.2, 0.25) is 0 Å². The molecule has 0 aliphatic rings. The average molecular weight is 1330 g/mol. The van der Waals surface area contributed by atoms with Crippen LogP contribution in [0.3, 0.4) is 0 Å². The summed E-state index contributed by atoms with van der Waals surface area (Å²) >= 11 is 1.42. The number of anilines is 9. The van der Waals surface area contributed by atoms with Crippen LogP contribution in [0.4, 0.5) is 51.2 Å². The van der Waals surface area contributed by atoms with Crippen molar-refractivity contribution >= 4 is 74.6 Å². The van der Waals surface area contributed by atoms with Gasteiger partial charge in [-0.1, -0.05) is 60.7 Å². The number of methoxy groups -OCH3 is 4. The summed E-state index contributed by atoms with van der Waals surface area (Å²) in [7, 11) is 6.65. The molecule has 99 heavy (non-hydrogen) atoms. The number of thiophene rings is 1. The Morgan fingerprint density at radius 3 is 0.798 bits per heavy atom. The van der Waals surface area contributed by atoms with E-state index in [1.54, 1.807) is 34.5 Å². The molecule has 1 heterocycles. The summed E-state index contributed by atoms with van der Waals surface area (Å²) in [5.41, 5.74) is 13.7. The summed E-state index contributed by atoms with van der Waals surface area (Å²) < 4.78 is 46.3. The van der Waals surface area contributed by atoms with Gasteiger partial charge in [-0.3, -0.25) is 0 Å². The van der Waals surface area contributed by atoms with Crippen molar-refractivity contribution in [1.82, 2.24) is 0 Å². The van der Waals surface area contributed by atoms with E-state index < -0.39 is 5.97 Å². The van der Waals surface area contributed by atoms with Crippen molar-refractivity contribution in [2.75, 3.05) is 69.6 Å². The Hall–Kier alpha value is -12.4. The first-order valence-electron chi connectivity index (χ1n) is 32.3. The van der Waals surface area contributed by atoms with Gasteiger partial charge in [0.15, 0.2) is 0 Å². The monoisotopic (exact) mass is 1330 g/mol. The third-order valence-corrected chi connectivity index (χ3v) is 17.5. The first-order chi connectivity index (χ1) is 48.6. The summed E-state index contributed by atoms with van der Waals surface area (Å²) in [5.74, 6) is 5.00. The van der Waals surface area contributed by atoms with Crippen LogP contribution in [0.15, 0.2) is 285 Å². The molecule has 0 aliphatic carbocycles. The van der Waals surface area contributed by atoms with Gasteiger partial charge in [0.2, 0.25) is 0 Å². The van der Waals surface area contributed by atoms with Crippen molar-refractivity contribution < 1.29 is 47.8 Å². The van der Waals surface area contributed by atoms with Gasteiger partial charge in [0.1, 0.15) is 57.6 Å². The molecule has 0 saturated heterocycles. The maximum Gasteiger partial charge on any atom is 0.346 e. The van der Waals surface area contributed by atoms with E-state index in [2.05, 4.69) is 136 Å². The highest BCUT2D eigenvalue weighted by Gasteiger charge is 2.19. The molecule has 0 atom stereocenters. The number of carbonyl (C=O) groups is 1. The molecule has 0 spiro atoms. The molecule has 494 valence electrons. The maximum atomic E-state index is 11.6. The summed E-state index contributed by atoms with van der Waals surface area (Å²) in [4.78, 5) is 19.8. The maximum absolute atomic E-state index is 11.6. The van der Waals surface area contributed by atoms with Gasteiger partial charge < -0.3 is 57.7 Å². The largest absolute Gasteiger partial charge is 0.497 e. The van der Waals surface area contributed by atoms with Crippen molar-refractivity contribution in [3.8, 4) is 84.8 Å². The second-order valence-electron chi connectivity index (χ2n) is 22.8. The van der Waals surface area contributed by atoms with Crippen molar-refractivity contribution in [1.29, 1.82) is 5.26 Å². The summed E-state index contributed by atoms with van der Waals surface area (Å²) in [6, 6.07) is 95.3. The molecule has 0 aliphatic heterocycles. The Morgan fingerprint density at radius 1 is 0.333 bits per heavy atom. The SMILES string of the molecule is COc1ccc(N(c2ccc(OC)cc2)c2ccc(OCCCOc3ccc(-c4ccc(N(c5ccc(-c6ccc(OCCCOc7ccc(N(c8ccc(OC)cc8)c8ccc(OC)cc8)cc7)cc6)cc5)c5ccc(-c6ccc(/C=C(/C#N)C(=O)O)s6)cc5)cc4)cc3)cc2)cc1. The fourth-order valence-corrected chi connectivity index (χ4v) is 12.2. The number of aliphatic carboxylic acids is 1. The van der Waals surface area contributed by atoms with Crippen molar-refractivity contribution in [3.05, 3.63) is 290 Å². The first kappa shape index (κ1) is 66.6. The molecular weight excluding hydrogens is 1260 g/mol. The quantitative estimate of drug-likeness (QED) is 0.0259. The van der Waals surface area contributed by atoms with Gasteiger partial charge in [0.05, 0.1) is 54.9 Å². The van der Waals surface area contributed by atoms with Crippen LogP contribution in [0.25, 0.3) is 38.8 Å². The van der Waals surface area contributed by atoms with Crippen molar-refractivity contribution in [2.24, 2.45) is 0 Å². The fraction of sp³-hybridized carbons (Fsp3) is 0.119. The number of carboxylic acids is 1. The van der Waals surface area contributed by atoms with E-state index in [9.17, 15) is 15.2 Å². The van der Waals surface area contributed by atoms with Crippen LogP contribution in [-0.2, 0) is 4.79 Å². The Morgan fingerprint density at radius 2 is 0.556 bits per heavy atom. The zero-order chi connectivity index (χ0) is 68.3. The van der Waals surface area contributed by atoms with Crippen LogP contribution in [-0.4, -0.2) is 65.9 Å². The van der Waals surface area contributed by atoms with E-state index in [1.807, 2.05) is 158 Å². The van der Waals surface area contributed by atoms with Crippen LogP contribution in [0.1, 0.15) is 17.7 Å². The molecule has 11 aromatic carbocycles. The highest BCUT2D eigenvalue weighted by molar-refractivity contribution is 7.16. The zero-order valence-electron chi connectivity index (χ0n) is 55.2. The third-order valence-electron chi connectivity index (χ3n) is 16.5. The highest BCUT2D eigenvalue weighted by atomic mass is 32.1. The minimum absolute atomic E-state index is 0.313. The van der Waals surface area contributed by atoms with Gasteiger partial charge in [-0.15, -0.1) is 11.3 Å². The summed E-state index contributed by atoms with van der Waals surface area (Å²) in [5, 5.41) is 18.8. The molecule has 0 unspecified atom stereocenters. The normalized spacial score (nSPS) is 11.0. The summed E-state index contributed by atoms with van der Waals surface area (Å²) in [6.07, 6.45) is 2.80. The molecule has 0 saturated carbocycles. The molecule has 12 aromatic rings. The number of ether oxygens (including phenoxy) is 8. The van der Waals surface area contributed by atoms with E-state index >= 15 is 0 Å². The predicted molar refractivity (Wildman–Crippen MR) is 396 cm³/mol. The molecule has 14 nitrogen and oxygen atoms in total. The van der Waals surface area contributed by atoms with Crippen LogP contribution < -0.4 is 52.6 Å². The van der Waals surface area contributed by atoms with Crippen LogP contribution in [0.5, 0.6) is 46.0 Å². The van der Waals surface area contributed by atoms with Gasteiger partial charge in [0, 0.05) is 73.8 Å². The number of nitrogens with zero attached hydrogens (tertiary/aromatic N) is 4. The van der Waals surface area contributed by atoms with E-state index in [1.165, 1.54) is 17.4 Å². The predicted octanol–water partition coefficient (Wildman–Crippen LogP) is 20.9. The zero-order valence-corrected chi connectivity index (χ0v) is 56.0. The molecule has 1 N–H and O–H groups in total. The van der Waals surface area contributed by atoms with Gasteiger partial charge in [-0.2, -0.15) is 5.26 Å². The molecule has 1 aromatic heterocycles. The second-order valence-corrected chi connectivity index (χ2v) is 23.9. The van der Waals surface area contributed by atoms with Gasteiger partial charge in [0.25, 0.3) is 0 Å². The minimum Gasteiger partial charge on any atom is -0.497 e. The van der Waals surface area contributed by atoms with Crippen LogP contribution in [0, 0.1) is 11.3 Å². The number of hydrogen-bond acceptors (Lipinski definition) is 14. The minimum atomic E-state index is -1.26. The number of benzene rings is 11. The van der Waals surface area contributed by atoms with Gasteiger partial charge in [-0.05, 0) is 252 Å². The second kappa shape index (κ2) is 32.4. The Balaban J connectivity index is 0.662. The fourth-order valence-electron chi connectivity index (χ4n) is 11.3.